The number of hydrogen-bond acceptors (Lipinski definition) is 5. The van der Waals surface area contributed by atoms with Gasteiger partial charge in [-0.15, -0.1) is 10.2 Å². The standard InChI is InChI=1S/C20H16Cl2N2O3/c1-12-3-7-15(8-4-12)20-24-23-19(27-20)13(2)26-18(25)10-6-14-5-9-16(21)17(22)11-14/h3-11,13H,1-2H3/b10-6+/t13-/m0/s1. The molecular weight excluding hydrogens is 387 g/mol. The van der Waals surface area contributed by atoms with Crippen molar-refractivity contribution in [2.45, 2.75) is 20.0 Å². The van der Waals surface area contributed by atoms with Crippen molar-refractivity contribution in [2.24, 2.45) is 0 Å². The molecule has 0 amide bonds. The summed E-state index contributed by atoms with van der Waals surface area (Å²) >= 11 is 11.8. The second-order valence-electron chi connectivity index (χ2n) is 5.90. The number of rotatable bonds is 5. The summed E-state index contributed by atoms with van der Waals surface area (Å²) in [4.78, 5) is 12.0. The lowest BCUT2D eigenvalue weighted by atomic mass is 10.1. The number of halogens is 2. The second-order valence-corrected chi connectivity index (χ2v) is 6.71. The van der Waals surface area contributed by atoms with Crippen LogP contribution in [0.25, 0.3) is 17.5 Å². The SMILES string of the molecule is Cc1ccc(-c2nnc([C@H](C)OC(=O)/C=C/c3ccc(Cl)c(Cl)c3)o2)cc1. The summed E-state index contributed by atoms with van der Waals surface area (Å²) in [7, 11) is 0. The molecule has 27 heavy (non-hydrogen) atoms. The molecular formula is C20H16Cl2N2O3. The summed E-state index contributed by atoms with van der Waals surface area (Å²) in [5, 5.41) is 8.82. The van der Waals surface area contributed by atoms with Crippen LogP contribution in [0.4, 0.5) is 0 Å². The number of carbonyl (C=O) groups excluding carboxylic acids is 1. The maximum atomic E-state index is 12.0. The fourth-order valence-corrected chi connectivity index (χ4v) is 2.56. The van der Waals surface area contributed by atoms with Crippen molar-refractivity contribution < 1.29 is 13.9 Å². The highest BCUT2D eigenvalue weighted by Gasteiger charge is 2.18. The maximum Gasteiger partial charge on any atom is 0.331 e. The Balaban J connectivity index is 1.63. The average molecular weight is 403 g/mol. The van der Waals surface area contributed by atoms with Gasteiger partial charge in [0.1, 0.15) is 0 Å². The van der Waals surface area contributed by atoms with Crippen molar-refractivity contribution in [3.05, 3.63) is 75.6 Å². The van der Waals surface area contributed by atoms with Crippen molar-refractivity contribution >= 4 is 35.2 Å². The molecule has 0 bridgehead atoms. The molecule has 0 aliphatic rings. The molecule has 0 aliphatic carbocycles. The van der Waals surface area contributed by atoms with Crippen molar-refractivity contribution in [1.82, 2.24) is 10.2 Å². The Labute approximate surface area is 166 Å². The molecule has 0 N–H and O–H groups in total. The molecule has 0 saturated heterocycles. The summed E-state index contributed by atoms with van der Waals surface area (Å²) in [5.74, 6) is 0.0600. The third-order valence-corrected chi connectivity index (χ3v) is 4.47. The lowest BCUT2D eigenvalue weighted by Gasteiger charge is -2.06. The Morgan fingerprint density at radius 2 is 1.85 bits per heavy atom. The van der Waals surface area contributed by atoms with Crippen LogP contribution in [0.5, 0.6) is 0 Å². The lowest BCUT2D eigenvalue weighted by Crippen LogP contribution is -2.06. The first-order valence-electron chi connectivity index (χ1n) is 8.16. The molecule has 3 aromatic rings. The van der Waals surface area contributed by atoms with Crippen LogP contribution in [0.2, 0.25) is 10.0 Å². The Bertz CT molecular complexity index is 981. The number of aromatic nitrogens is 2. The van der Waals surface area contributed by atoms with Crippen LogP contribution in [0, 0.1) is 6.92 Å². The zero-order valence-electron chi connectivity index (χ0n) is 14.6. The van der Waals surface area contributed by atoms with Gasteiger partial charge in [-0.3, -0.25) is 0 Å². The summed E-state index contributed by atoms with van der Waals surface area (Å²) in [6.07, 6.45) is 2.21. The molecule has 0 fully saturated rings. The van der Waals surface area contributed by atoms with E-state index in [0.29, 0.717) is 15.9 Å². The van der Waals surface area contributed by atoms with Gasteiger partial charge in [0.05, 0.1) is 10.0 Å². The summed E-state index contributed by atoms with van der Waals surface area (Å²) in [5.41, 5.74) is 2.67. The van der Waals surface area contributed by atoms with E-state index in [0.717, 1.165) is 16.7 Å². The molecule has 0 radical (unpaired) electrons. The lowest BCUT2D eigenvalue weighted by molar-refractivity contribution is -0.143. The molecule has 1 aromatic heterocycles. The van der Waals surface area contributed by atoms with Gasteiger partial charge in [0.25, 0.3) is 5.89 Å². The van der Waals surface area contributed by atoms with Gasteiger partial charge < -0.3 is 9.15 Å². The van der Waals surface area contributed by atoms with E-state index in [-0.39, 0.29) is 5.89 Å². The molecule has 138 valence electrons. The van der Waals surface area contributed by atoms with Gasteiger partial charge >= 0.3 is 5.97 Å². The van der Waals surface area contributed by atoms with Gasteiger partial charge in [0.15, 0.2) is 6.10 Å². The first kappa shape index (κ1) is 19.1. The number of esters is 1. The maximum absolute atomic E-state index is 12.0. The minimum Gasteiger partial charge on any atom is -0.449 e. The van der Waals surface area contributed by atoms with E-state index < -0.39 is 12.1 Å². The van der Waals surface area contributed by atoms with E-state index in [9.17, 15) is 4.79 Å². The van der Waals surface area contributed by atoms with Crippen LogP contribution in [0.15, 0.2) is 53.0 Å². The normalized spacial score (nSPS) is 12.3. The molecule has 2 aromatic carbocycles. The van der Waals surface area contributed by atoms with Crippen LogP contribution in [0.3, 0.4) is 0 Å². The number of ether oxygens (including phenoxy) is 1. The highest BCUT2D eigenvalue weighted by atomic mass is 35.5. The monoisotopic (exact) mass is 402 g/mol. The van der Waals surface area contributed by atoms with E-state index in [2.05, 4.69) is 10.2 Å². The van der Waals surface area contributed by atoms with Gasteiger partial charge in [-0.25, -0.2) is 4.79 Å². The van der Waals surface area contributed by atoms with Gasteiger partial charge in [0, 0.05) is 11.6 Å². The smallest absolute Gasteiger partial charge is 0.331 e. The zero-order valence-corrected chi connectivity index (χ0v) is 16.2. The minimum absolute atomic E-state index is 0.224. The summed E-state index contributed by atoms with van der Waals surface area (Å²) in [6, 6.07) is 12.7. The van der Waals surface area contributed by atoms with Gasteiger partial charge in [0.2, 0.25) is 5.89 Å². The molecule has 1 atom stereocenters. The van der Waals surface area contributed by atoms with Crippen LogP contribution in [0.1, 0.15) is 30.0 Å². The third-order valence-electron chi connectivity index (χ3n) is 3.74. The Morgan fingerprint density at radius 3 is 2.56 bits per heavy atom. The van der Waals surface area contributed by atoms with Gasteiger partial charge in [-0.05, 0) is 49.8 Å². The molecule has 3 rings (SSSR count). The van der Waals surface area contributed by atoms with Crippen LogP contribution in [-0.2, 0) is 9.53 Å². The van der Waals surface area contributed by atoms with Gasteiger partial charge in [-0.1, -0.05) is 47.0 Å². The molecule has 0 aliphatic heterocycles. The molecule has 0 saturated carbocycles. The zero-order chi connectivity index (χ0) is 19.4. The second kappa shape index (κ2) is 8.37. The van der Waals surface area contributed by atoms with Crippen molar-refractivity contribution in [1.29, 1.82) is 0 Å². The van der Waals surface area contributed by atoms with E-state index in [1.54, 1.807) is 31.2 Å². The number of hydrogen-bond donors (Lipinski definition) is 0. The third kappa shape index (κ3) is 4.96. The highest BCUT2D eigenvalue weighted by molar-refractivity contribution is 6.42. The molecule has 5 nitrogen and oxygen atoms in total. The quantitative estimate of drug-likeness (QED) is 0.406. The Kier molecular flexibility index (Phi) is 5.94. The highest BCUT2D eigenvalue weighted by Crippen LogP contribution is 2.24. The average Bonchev–Trinajstić information content (AvgIpc) is 3.13. The van der Waals surface area contributed by atoms with Crippen LogP contribution >= 0.6 is 23.2 Å². The number of benzene rings is 2. The number of nitrogens with zero attached hydrogens (tertiary/aromatic N) is 2. The Morgan fingerprint density at radius 1 is 1.11 bits per heavy atom. The summed E-state index contributed by atoms with van der Waals surface area (Å²) in [6.45, 7) is 3.66. The first-order valence-corrected chi connectivity index (χ1v) is 8.92. The van der Waals surface area contributed by atoms with Crippen molar-refractivity contribution in [3.63, 3.8) is 0 Å². The van der Waals surface area contributed by atoms with E-state index >= 15 is 0 Å². The number of aryl methyl sites for hydroxylation is 1. The number of carbonyl (C=O) groups is 1. The molecule has 7 heteroatoms. The van der Waals surface area contributed by atoms with E-state index in [1.165, 1.54) is 6.08 Å². The molecule has 1 heterocycles. The first-order chi connectivity index (χ1) is 12.9. The fourth-order valence-electron chi connectivity index (χ4n) is 2.26. The van der Waals surface area contributed by atoms with Crippen LogP contribution in [-0.4, -0.2) is 16.2 Å². The van der Waals surface area contributed by atoms with E-state index in [4.69, 9.17) is 32.4 Å². The molecule has 0 unspecified atom stereocenters. The predicted octanol–water partition coefficient (Wildman–Crippen LogP) is 5.67. The van der Waals surface area contributed by atoms with Crippen molar-refractivity contribution in [3.8, 4) is 11.5 Å². The minimum atomic E-state index is -0.678. The summed E-state index contributed by atoms with van der Waals surface area (Å²) < 4.78 is 10.9. The largest absolute Gasteiger partial charge is 0.449 e. The predicted molar refractivity (Wildman–Crippen MR) is 104 cm³/mol. The Hall–Kier alpha value is -2.63. The fraction of sp³-hybridized carbons (Fsp3) is 0.150. The molecule has 0 spiro atoms. The van der Waals surface area contributed by atoms with Gasteiger partial charge in [-0.2, -0.15) is 0 Å². The van der Waals surface area contributed by atoms with Crippen molar-refractivity contribution in [2.75, 3.05) is 0 Å². The van der Waals surface area contributed by atoms with Crippen LogP contribution < -0.4 is 0 Å². The van der Waals surface area contributed by atoms with E-state index in [1.807, 2.05) is 31.2 Å². The topological polar surface area (TPSA) is 65.2 Å².